The lowest BCUT2D eigenvalue weighted by atomic mass is 10.2. The first-order valence-corrected chi connectivity index (χ1v) is 6.92. The van der Waals surface area contributed by atoms with Crippen molar-refractivity contribution in [2.75, 3.05) is 12.4 Å². The number of rotatable bonds is 6. The highest BCUT2D eigenvalue weighted by Crippen LogP contribution is 2.21. The van der Waals surface area contributed by atoms with Crippen molar-refractivity contribution in [3.8, 4) is 0 Å². The van der Waals surface area contributed by atoms with Crippen molar-refractivity contribution in [1.82, 2.24) is 0 Å². The maximum absolute atomic E-state index is 11.8. The summed E-state index contributed by atoms with van der Waals surface area (Å²) in [5.74, 6) is -1.55. The maximum Gasteiger partial charge on any atom is 0.358 e. The summed E-state index contributed by atoms with van der Waals surface area (Å²) in [5, 5.41) is 17.2. The normalized spacial score (nSPS) is 11.6. The van der Waals surface area contributed by atoms with Gasteiger partial charge in [0.1, 0.15) is 7.11 Å². The van der Waals surface area contributed by atoms with Gasteiger partial charge in [0.05, 0.1) is 17.5 Å². The molecule has 1 amide bonds. The Kier molecular flexibility index (Phi) is 5.10. The molecule has 114 valence electrons. The number of aliphatic carboxylic acids is 1. The van der Waals surface area contributed by atoms with Crippen molar-refractivity contribution in [2.45, 2.75) is 0 Å². The molecule has 0 atom stereocenters. The minimum Gasteiger partial charge on any atom is -0.476 e. The van der Waals surface area contributed by atoms with Crippen LogP contribution >= 0.6 is 11.3 Å². The van der Waals surface area contributed by atoms with Gasteiger partial charge in [0.2, 0.25) is 5.91 Å². The molecule has 0 saturated carbocycles. The third kappa shape index (κ3) is 4.06. The van der Waals surface area contributed by atoms with Gasteiger partial charge in [-0.3, -0.25) is 4.79 Å². The number of hydrogen-bond donors (Lipinski definition) is 2. The third-order valence-corrected chi connectivity index (χ3v) is 3.32. The van der Waals surface area contributed by atoms with Crippen molar-refractivity contribution >= 4 is 40.0 Å². The van der Waals surface area contributed by atoms with Gasteiger partial charge < -0.3 is 19.7 Å². The summed E-state index contributed by atoms with van der Waals surface area (Å²) in [6.45, 7) is 0. The summed E-state index contributed by atoms with van der Waals surface area (Å²) in [7, 11) is 1.26. The number of carboxylic acid groups (broad SMARTS) is 1. The molecular formula is C14H12N2O5S. The number of nitrogens with zero attached hydrogens (tertiary/aromatic N) is 1. The first kappa shape index (κ1) is 15.5. The van der Waals surface area contributed by atoms with Gasteiger partial charge in [-0.2, -0.15) is 0 Å². The molecule has 0 fully saturated rings. The van der Waals surface area contributed by atoms with E-state index >= 15 is 0 Å². The molecule has 0 aliphatic rings. The number of hydrogen-bond acceptors (Lipinski definition) is 6. The number of oxime groups is 1. The van der Waals surface area contributed by atoms with Gasteiger partial charge in [-0.15, -0.1) is 11.3 Å². The van der Waals surface area contributed by atoms with Crippen LogP contribution in [0, 0.1) is 0 Å². The highest BCUT2D eigenvalue weighted by atomic mass is 32.1. The van der Waals surface area contributed by atoms with Crippen molar-refractivity contribution in [1.29, 1.82) is 0 Å². The van der Waals surface area contributed by atoms with E-state index in [1.165, 1.54) is 43.1 Å². The van der Waals surface area contributed by atoms with Crippen molar-refractivity contribution in [3.05, 3.63) is 47.2 Å². The lowest BCUT2D eigenvalue weighted by Crippen LogP contribution is -2.14. The summed E-state index contributed by atoms with van der Waals surface area (Å²) >= 11 is 1.19. The highest BCUT2D eigenvalue weighted by molar-refractivity contribution is 7.14. The van der Waals surface area contributed by atoms with Crippen molar-refractivity contribution in [2.24, 2.45) is 5.16 Å². The fourth-order valence-corrected chi connectivity index (χ4v) is 2.33. The lowest BCUT2D eigenvalue weighted by Gasteiger charge is -1.97. The SMILES string of the molecule is CO/N=C(/C(=O)O)c1csc(NC(=O)/C=C/c2ccoc2)c1. The molecule has 2 aromatic rings. The van der Waals surface area contributed by atoms with E-state index in [-0.39, 0.29) is 11.6 Å². The van der Waals surface area contributed by atoms with E-state index in [2.05, 4.69) is 15.3 Å². The van der Waals surface area contributed by atoms with Gasteiger partial charge >= 0.3 is 5.97 Å². The summed E-state index contributed by atoms with van der Waals surface area (Å²) in [4.78, 5) is 27.3. The molecule has 22 heavy (non-hydrogen) atoms. The first-order valence-electron chi connectivity index (χ1n) is 6.04. The zero-order valence-electron chi connectivity index (χ0n) is 11.5. The van der Waals surface area contributed by atoms with Crippen LogP contribution in [0.5, 0.6) is 0 Å². The summed E-state index contributed by atoms with van der Waals surface area (Å²) in [6, 6.07) is 3.23. The number of carbonyl (C=O) groups is 2. The molecule has 2 rings (SSSR count). The van der Waals surface area contributed by atoms with E-state index in [0.29, 0.717) is 10.6 Å². The Morgan fingerprint density at radius 1 is 1.50 bits per heavy atom. The number of furan rings is 1. The number of thiophene rings is 1. The van der Waals surface area contributed by atoms with E-state index in [9.17, 15) is 9.59 Å². The molecule has 0 spiro atoms. The van der Waals surface area contributed by atoms with Gasteiger partial charge in [-0.1, -0.05) is 5.16 Å². The fourth-order valence-electron chi connectivity index (χ4n) is 1.54. The van der Waals surface area contributed by atoms with Crippen LogP contribution in [0.3, 0.4) is 0 Å². The lowest BCUT2D eigenvalue weighted by molar-refractivity contribution is -0.129. The van der Waals surface area contributed by atoms with Crippen molar-refractivity contribution in [3.63, 3.8) is 0 Å². The molecule has 2 aromatic heterocycles. The highest BCUT2D eigenvalue weighted by Gasteiger charge is 2.16. The van der Waals surface area contributed by atoms with Gasteiger partial charge in [0.25, 0.3) is 0 Å². The predicted molar refractivity (Wildman–Crippen MR) is 81.9 cm³/mol. The van der Waals surface area contributed by atoms with Gasteiger partial charge in [0.15, 0.2) is 5.71 Å². The maximum atomic E-state index is 11.8. The molecule has 8 heteroatoms. The summed E-state index contributed by atoms with van der Waals surface area (Å²) in [5.41, 5.74) is 0.893. The summed E-state index contributed by atoms with van der Waals surface area (Å²) < 4.78 is 4.88. The van der Waals surface area contributed by atoms with E-state index in [1.54, 1.807) is 17.5 Å². The van der Waals surface area contributed by atoms with Crippen LogP contribution in [0.1, 0.15) is 11.1 Å². The van der Waals surface area contributed by atoms with Crippen molar-refractivity contribution < 1.29 is 24.0 Å². The molecule has 0 aliphatic carbocycles. The topological polar surface area (TPSA) is 101 Å². The number of carboxylic acids is 1. The quantitative estimate of drug-likeness (QED) is 0.483. The zero-order chi connectivity index (χ0) is 15.9. The number of amides is 1. The van der Waals surface area contributed by atoms with Gasteiger partial charge in [-0.25, -0.2) is 4.79 Å². The average molecular weight is 320 g/mol. The Labute approximate surface area is 129 Å². The number of nitrogens with one attached hydrogen (secondary N) is 1. The Morgan fingerprint density at radius 2 is 2.32 bits per heavy atom. The molecule has 0 saturated heterocycles. The fraction of sp³-hybridized carbons (Fsp3) is 0.0714. The predicted octanol–water partition coefficient (Wildman–Crippen LogP) is 2.43. The largest absolute Gasteiger partial charge is 0.476 e. The molecule has 0 unspecified atom stereocenters. The monoisotopic (exact) mass is 320 g/mol. The minimum atomic E-state index is -1.21. The Bertz CT molecular complexity index is 715. The molecule has 0 aromatic carbocycles. The van der Waals surface area contributed by atoms with Crippen LogP contribution in [0.4, 0.5) is 5.00 Å². The standard InChI is InChI=1S/C14H12N2O5S/c1-20-16-13(14(18)19)10-6-12(22-8-10)15-11(17)3-2-9-4-5-21-7-9/h2-8H,1H3,(H,15,17)(H,18,19)/b3-2+,16-13+. The second-order valence-electron chi connectivity index (χ2n) is 4.01. The van der Waals surface area contributed by atoms with Gasteiger partial charge in [0, 0.05) is 22.6 Å². The Morgan fingerprint density at radius 3 is 2.95 bits per heavy atom. The second-order valence-corrected chi connectivity index (χ2v) is 4.92. The molecule has 0 aliphatic heterocycles. The molecule has 0 bridgehead atoms. The van der Waals surface area contributed by atoms with E-state index in [0.717, 1.165) is 5.56 Å². The zero-order valence-corrected chi connectivity index (χ0v) is 12.3. The van der Waals surface area contributed by atoms with E-state index in [4.69, 9.17) is 9.52 Å². The van der Waals surface area contributed by atoms with Crippen LogP contribution in [0.15, 0.2) is 45.7 Å². The minimum absolute atomic E-state index is 0.229. The second kappa shape index (κ2) is 7.23. The van der Waals surface area contributed by atoms with Crippen LogP contribution < -0.4 is 5.32 Å². The van der Waals surface area contributed by atoms with E-state index in [1.807, 2.05) is 0 Å². The molecule has 2 heterocycles. The number of carbonyl (C=O) groups excluding carboxylic acids is 1. The Hall–Kier alpha value is -2.87. The average Bonchev–Trinajstić information content (AvgIpc) is 3.13. The molecule has 2 N–H and O–H groups in total. The van der Waals surface area contributed by atoms with Crippen LogP contribution in [0.25, 0.3) is 6.08 Å². The smallest absolute Gasteiger partial charge is 0.358 e. The van der Waals surface area contributed by atoms with Crippen LogP contribution in [0.2, 0.25) is 0 Å². The summed E-state index contributed by atoms with van der Waals surface area (Å²) in [6.07, 6.45) is 5.97. The van der Waals surface area contributed by atoms with Crippen LogP contribution in [-0.4, -0.2) is 29.8 Å². The Balaban J connectivity index is 2.04. The van der Waals surface area contributed by atoms with Gasteiger partial charge in [-0.05, 0) is 18.2 Å². The molecular weight excluding hydrogens is 308 g/mol. The van der Waals surface area contributed by atoms with E-state index < -0.39 is 5.97 Å². The first-order chi connectivity index (χ1) is 10.6. The number of anilines is 1. The molecule has 7 nitrogen and oxygen atoms in total. The van der Waals surface area contributed by atoms with Crippen LogP contribution in [-0.2, 0) is 14.4 Å². The molecule has 0 radical (unpaired) electrons. The third-order valence-electron chi connectivity index (χ3n) is 2.47.